The van der Waals surface area contributed by atoms with Crippen LogP contribution in [0.2, 0.25) is 0 Å². The quantitative estimate of drug-likeness (QED) is 0.846. The van der Waals surface area contributed by atoms with Crippen molar-refractivity contribution in [3.8, 4) is 0 Å². The third-order valence-corrected chi connectivity index (χ3v) is 3.84. The molecule has 1 amide bonds. The minimum absolute atomic E-state index is 0.0911. The molecule has 24 heavy (non-hydrogen) atoms. The van der Waals surface area contributed by atoms with E-state index in [4.69, 9.17) is 0 Å². The van der Waals surface area contributed by atoms with Crippen LogP contribution in [0.1, 0.15) is 28.6 Å². The maximum absolute atomic E-state index is 13.5. The van der Waals surface area contributed by atoms with Gasteiger partial charge in [0.15, 0.2) is 0 Å². The first-order chi connectivity index (χ1) is 11.3. The molecule has 2 rings (SSSR count). The van der Waals surface area contributed by atoms with Crippen LogP contribution in [0.3, 0.4) is 0 Å². The lowest BCUT2D eigenvalue weighted by Crippen LogP contribution is -2.38. The molecule has 0 aliphatic heterocycles. The number of hydrogen-bond acceptors (Lipinski definition) is 3. The molecular weight excluding hydrogens is 305 g/mol. The molecule has 0 N–H and O–H groups in total. The monoisotopic (exact) mass is 329 g/mol. The van der Waals surface area contributed by atoms with Gasteiger partial charge < -0.3 is 4.90 Å². The Morgan fingerprint density at radius 2 is 1.88 bits per heavy atom. The number of pyridine rings is 1. The average Bonchev–Trinajstić information content (AvgIpc) is 2.45. The van der Waals surface area contributed by atoms with E-state index in [-0.39, 0.29) is 11.7 Å². The van der Waals surface area contributed by atoms with Gasteiger partial charge in [0.1, 0.15) is 11.9 Å². The number of rotatable bonds is 5. The van der Waals surface area contributed by atoms with Gasteiger partial charge in [-0.05, 0) is 63.3 Å². The highest BCUT2D eigenvalue weighted by atomic mass is 19.1. The molecule has 0 fully saturated rings. The van der Waals surface area contributed by atoms with E-state index in [1.807, 2.05) is 40.1 Å². The molecule has 4 nitrogen and oxygen atoms in total. The van der Waals surface area contributed by atoms with E-state index in [1.165, 1.54) is 12.1 Å². The Balaban J connectivity index is 2.23. The molecule has 0 aliphatic carbocycles. The number of carbonyl (C=O) groups excluding carboxylic acids is 1. The molecule has 0 saturated carbocycles. The first-order valence-corrected chi connectivity index (χ1v) is 7.89. The summed E-state index contributed by atoms with van der Waals surface area (Å²) in [4.78, 5) is 20.8. The highest BCUT2D eigenvalue weighted by Gasteiger charge is 2.26. The lowest BCUT2D eigenvalue weighted by molar-refractivity contribution is -0.135. The SMILES string of the molecule is Cc1cc(C)nc(CN(C)C(=O)[C@@H](c2cccc(F)c2)N(C)C)c1. The molecule has 2 aromatic rings. The van der Waals surface area contributed by atoms with Gasteiger partial charge in [0.25, 0.3) is 0 Å². The minimum atomic E-state index is -0.531. The number of likely N-dealkylation sites (N-methyl/N-ethyl adjacent to an activating group) is 2. The molecule has 0 radical (unpaired) electrons. The summed E-state index contributed by atoms with van der Waals surface area (Å²) in [6, 6.07) is 9.63. The van der Waals surface area contributed by atoms with Crippen molar-refractivity contribution in [2.75, 3.05) is 21.1 Å². The number of amides is 1. The van der Waals surface area contributed by atoms with Crippen molar-refractivity contribution in [1.29, 1.82) is 0 Å². The predicted octanol–water partition coefficient (Wildman–Crippen LogP) is 3.10. The summed E-state index contributed by atoms with van der Waals surface area (Å²) < 4.78 is 13.5. The van der Waals surface area contributed by atoms with Gasteiger partial charge in [-0.2, -0.15) is 0 Å². The van der Waals surface area contributed by atoms with Crippen LogP contribution in [0.4, 0.5) is 4.39 Å². The number of benzene rings is 1. The summed E-state index contributed by atoms with van der Waals surface area (Å²) in [6.45, 7) is 4.37. The standard InChI is InChI=1S/C19H24FN3O/c1-13-9-14(2)21-17(10-13)12-23(5)19(24)18(22(3)4)15-7-6-8-16(20)11-15/h6-11,18H,12H2,1-5H3/t18-/m1/s1. The molecule has 0 spiro atoms. The molecule has 1 aromatic carbocycles. The summed E-state index contributed by atoms with van der Waals surface area (Å²) >= 11 is 0. The highest BCUT2D eigenvalue weighted by molar-refractivity contribution is 5.83. The molecular formula is C19H24FN3O. The highest BCUT2D eigenvalue weighted by Crippen LogP contribution is 2.22. The largest absolute Gasteiger partial charge is 0.338 e. The normalized spacial score (nSPS) is 12.3. The molecule has 0 bridgehead atoms. The van der Waals surface area contributed by atoms with Crippen LogP contribution in [0, 0.1) is 19.7 Å². The van der Waals surface area contributed by atoms with E-state index in [1.54, 1.807) is 29.0 Å². The minimum Gasteiger partial charge on any atom is -0.338 e. The van der Waals surface area contributed by atoms with Gasteiger partial charge in [0, 0.05) is 12.7 Å². The van der Waals surface area contributed by atoms with Crippen LogP contribution < -0.4 is 0 Å². The van der Waals surface area contributed by atoms with Crippen molar-refractivity contribution >= 4 is 5.91 Å². The van der Waals surface area contributed by atoms with Crippen molar-refractivity contribution in [1.82, 2.24) is 14.8 Å². The van der Waals surface area contributed by atoms with Crippen LogP contribution in [0.25, 0.3) is 0 Å². The second-order valence-electron chi connectivity index (χ2n) is 6.39. The summed E-state index contributed by atoms with van der Waals surface area (Å²) in [7, 11) is 5.38. The van der Waals surface area contributed by atoms with Crippen molar-refractivity contribution in [2.24, 2.45) is 0 Å². The smallest absolute Gasteiger partial charge is 0.244 e. The Morgan fingerprint density at radius 1 is 1.17 bits per heavy atom. The van der Waals surface area contributed by atoms with Gasteiger partial charge in [0.05, 0.1) is 12.2 Å². The van der Waals surface area contributed by atoms with Gasteiger partial charge in [-0.3, -0.25) is 14.7 Å². The molecule has 5 heteroatoms. The zero-order valence-electron chi connectivity index (χ0n) is 14.9. The molecule has 1 aromatic heterocycles. The van der Waals surface area contributed by atoms with E-state index in [0.717, 1.165) is 17.0 Å². The second kappa shape index (κ2) is 7.53. The fourth-order valence-electron chi connectivity index (χ4n) is 2.87. The van der Waals surface area contributed by atoms with E-state index in [9.17, 15) is 9.18 Å². The zero-order valence-corrected chi connectivity index (χ0v) is 14.9. The molecule has 1 heterocycles. The number of nitrogens with zero attached hydrogens (tertiary/aromatic N) is 3. The first-order valence-electron chi connectivity index (χ1n) is 7.89. The van der Waals surface area contributed by atoms with Crippen LogP contribution in [-0.2, 0) is 11.3 Å². The van der Waals surface area contributed by atoms with Crippen molar-refractivity contribution in [3.63, 3.8) is 0 Å². The number of aryl methyl sites for hydroxylation is 2. The van der Waals surface area contributed by atoms with Gasteiger partial charge in [0.2, 0.25) is 5.91 Å². The van der Waals surface area contributed by atoms with E-state index in [0.29, 0.717) is 12.1 Å². The Kier molecular flexibility index (Phi) is 5.67. The molecule has 0 saturated heterocycles. The van der Waals surface area contributed by atoms with Gasteiger partial charge >= 0.3 is 0 Å². The Morgan fingerprint density at radius 3 is 2.46 bits per heavy atom. The van der Waals surface area contributed by atoms with Crippen LogP contribution in [-0.4, -0.2) is 41.8 Å². The Hall–Kier alpha value is -2.27. The van der Waals surface area contributed by atoms with Crippen molar-refractivity contribution in [2.45, 2.75) is 26.4 Å². The summed E-state index contributed by atoms with van der Waals surface area (Å²) in [5.74, 6) is -0.433. The van der Waals surface area contributed by atoms with Crippen LogP contribution in [0.5, 0.6) is 0 Å². The van der Waals surface area contributed by atoms with Crippen LogP contribution >= 0.6 is 0 Å². The fraction of sp³-hybridized carbons (Fsp3) is 0.368. The maximum Gasteiger partial charge on any atom is 0.244 e. The average molecular weight is 329 g/mol. The lowest BCUT2D eigenvalue weighted by Gasteiger charge is -2.28. The van der Waals surface area contributed by atoms with Crippen LogP contribution in [0.15, 0.2) is 36.4 Å². The first kappa shape index (κ1) is 18.1. The van der Waals surface area contributed by atoms with Crippen molar-refractivity contribution < 1.29 is 9.18 Å². The third kappa shape index (κ3) is 4.38. The Bertz CT molecular complexity index is 710. The van der Waals surface area contributed by atoms with Gasteiger partial charge in [-0.1, -0.05) is 12.1 Å². The second-order valence-corrected chi connectivity index (χ2v) is 6.39. The predicted molar refractivity (Wildman–Crippen MR) is 93.0 cm³/mol. The Labute approximate surface area is 142 Å². The third-order valence-electron chi connectivity index (χ3n) is 3.84. The van der Waals surface area contributed by atoms with Gasteiger partial charge in [-0.15, -0.1) is 0 Å². The molecule has 128 valence electrons. The number of aromatic nitrogens is 1. The molecule has 0 aliphatic rings. The maximum atomic E-state index is 13.5. The van der Waals surface area contributed by atoms with E-state index in [2.05, 4.69) is 4.98 Å². The van der Waals surface area contributed by atoms with E-state index >= 15 is 0 Å². The van der Waals surface area contributed by atoms with Gasteiger partial charge in [-0.25, -0.2) is 4.39 Å². The van der Waals surface area contributed by atoms with Crippen molar-refractivity contribution in [3.05, 3.63) is 64.7 Å². The number of halogens is 1. The molecule has 1 atom stereocenters. The zero-order chi connectivity index (χ0) is 17.9. The fourth-order valence-corrected chi connectivity index (χ4v) is 2.87. The molecule has 0 unspecified atom stereocenters. The summed E-state index contributed by atoms with van der Waals surface area (Å²) in [5, 5.41) is 0. The van der Waals surface area contributed by atoms with E-state index < -0.39 is 6.04 Å². The summed E-state index contributed by atoms with van der Waals surface area (Å²) in [5.41, 5.74) is 3.54. The number of hydrogen-bond donors (Lipinski definition) is 0. The topological polar surface area (TPSA) is 36.4 Å². The number of carbonyl (C=O) groups is 1. The lowest BCUT2D eigenvalue weighted by atomic mass is 10.0. The summed E-state index contributed by atoms with van der Waals surface area (Å²) in [6.07, 6.45) is 0.